The van der Waals surface area contributed by atoms with E-state index in [1.807, 2.05) is 30.3 Å². The molecule has 0 spiro atoms. The number of halogens is 2. The molecule has 0 atom stereocenters. The maximum absolute atomic E-state index is 12.3. The average Bonchev–Trinajstić information content (AvgIpc) is 2.88. The Labute approximate surface area is 231 Å². The third-order valence-electron chi connectivity index (χ3n) is 5.11. The topological polar surface area (TPSA) is 117 Å². The van der Waals surface area contributed by atoms with E-state index < -0.39 is 22.5 Å². The van der Waals surface area contributed by atoms with Crippen LogP contribution in [0.5, 0.6) is 5.75 Å². The standard InChI is InChI=1S/C26H26Cl2N4O5S/c1-38(35,36)32(21-9-12-23(27)24(28)15-21)17-25(33)31-30-16-20-7-10-22(11-8-20)37-18-26(34)29-14-13-19-5-3-2-4-6-19/h2-12,15-16H,13-14,17-18H2,1H3,(H,29,34)(H,31,33)/b30-16-. The minimum Gasteiger partial charge on any atom is -0.484 e. The highest BCUT2D eigenvalue weighted by atomic mass is 35.5. The van der Waals surface area contributed by atoms with Gasteiger partial charge in [-0.25, -0.2) is 13.8 Å². The predicted molar refractivity (Wildman–Crippen MR) is 149 cm³/mol. The molecule has 12 heteroatoms. The van der Waals surface area contributed by atoms with Crippen molar-refractivity contribution in [2.24, 2.45) is 5.10 Å². The first-order chi connectivity index (χ1) is 18.1. The van der Waals surface area contributed by atoms with Crippen molar-refractivity contribution in [3.05, 3.63) is 94.0 Å². The molecule has 2 N–H and O–H groups in total. The van der Waals surface area contributed by atoms with Crippen LogP contribution >= 0.6 is 23.2 Å². The summed E-state index contributed by atoms with van der Waals surface area (Å²) in [6.07, 6.45) is 3.10. The van der Waals surface area contributed by atoms with Crippen LogP contribution in [0, 0.1) is 0 Å². The number of amides is 2. The Hall–Kier alpha value is -3.60. The zero-order valence-corrected chi connectivity index (χ0v) is 22.8. The number of hydrazone groups is 1. The first-order valence-electron chi connectivity index (χ1n) is 11.4. The highest BCUT2D eigenvalue weighted by Crippen LogP contribution is 2.28. The van der Waals surface area contributed by atoms with E-state index in [0.29, 0.717) is 17.9 Å². The van der Waals surface area contributed by atoms with E-state index in [1.165, 1.54) is 24.4 Å². The van der Waals surface area contributed by atoms with Gasteiger partial charge >= 0.3 is 0 Å². The Kier molecular flexibility index (Phi) is 10.5. The van der Waals surface area contributed by atoms with Crippen molar-refractivity contribution in [2.75, 3.05) is 30.3 Å². The second-order valence-corrected chi connectivity index (χ2v) is 10.8. The number of nitrogens with zero attached hydrogens (tertiary/aromatic N) is 2. The van der Waals surface area contributed by atoms with Gasteiger partial charge in [0.25, 0.3) is 11.8 Å². The zero-order chi connectivity index (χ0) is 27.5. The van der Waals surface area contributed by atoms with Gasteiger partial charge in [-0.05, 0) is 60.0 Å². The van der Waals surface area contributed by atoms with Gasteiger partial charge in [-0.3, -0.25) is 13.9 Å². The Balaban J connectivity index is 1.45. The maximum atomic E-state index is 12.3. The molecule has 0 bridgehead atoms. The number of anilines is 1. The lowest BCUT2D eigenvalue weighted by Gasteiger charge is -2.21. The van der Waals surface area contributed by atoms with Gasteiger partial charge in [0.1, 0.15) is 12.3 Å². The molecule has 0 saturated heterocycles. The number of nitrogens with one attached hydrogen (secondary N) is 2. The molecule has 0 fully saturated rings. The molecule has 9 nitrogen and oxygen atoms in total. The number of benzene rings is 3. The molecule has 200 valence electrons. The summed E-state index contributed by atoms with van der Waals surface area (Å²) in [4.78, 5) is 24.3. The molecule has 0 aromatic heterocycles. The summed E-state index contributed by atoms with van der Waals surface area (Å²) in [7, 11) is -3.78. The van der Waals surface area contributed by atoms with Crippen LogP contribution in [-0.2, 0) is 26.0 Å². The largest absolute Gasteiger partial charge is 0.484 e. The quantitative estimate of drug-likeness (QED) is 0.252. The van der Waals surface area contributed by atoms with E-state index in [9.17, 15) is 18.0 Å². The summed E-state index contributed by atoms with van der Waals surface area (Å²) in [6, 6.07) is 20.8. The van der Waals surface area contributed by atoms with Crippen LogP contribution in [0.3, 0.4) is 0 Å². The first kappa shape index (κ1) is 29.0. The molecule has 0 radical (unpaired) electrons. The normalized spacial score (nSPS) is 11.2. The summed E-state index contributed by atoms with van der Waals surface area (Å²) < 4.78 is 30.8. The van der Waals surface area contributed by atoms with E-state index in [-0.39, 0.29) is 28.2 Å². The molecule has 0 heterocycles. The maximum Gasteiger partial charge on any atom is 0.260 e. The number of carbonyl (C=O) groups excluding carboxylic acids is 2. The molecule has 0 unspecified atom stereocenters. The molecular formula is C26H26Cl2N4O5S. The lowest BCUT2D eigenvalue weighted by Crippen LogP contribution is -2.39. The number of sulfonamides is 1. The van der Waals surface area contributed by atoms with Crippen molar-refractivity contribution in [1.82, 2.24) is 10.7 Å². The number of hydrogen-bond acceptors (Lipinski definition) is 6. The third-order valence-corrected chi connectivity index (χ3v) is 6.99. The highest BCUT2D eigenvalue weighted by molar-refractivity contribution is 7.92. The van der Waals surface area contributed by atoms with Crippen LogP contribution in [-0.4, -0.2) is 52.4 Å². The Bertz CT molecular complexity index is 1380. The molecule has 3 rings (SSSR count). The third kappa shape index (κ3) is 9.37. The minimum atomic E-state index is -3.78. The van der Waals surface area contributed by atoms with Gasteiger partial charge in [-0.2, -0.15) is 5.10 Å². The fourth-order valence-electron chi connectivity index (χ4n) is 3.23. The molecule has 3 aromatic carbocycles. The second-order valence-electron chi connectivity index (χ2n) is 8.10. The van der Waals surface area contributed by atoms with Gasteiger partial charge in [-0.15, -0.1) is 0 Å². The Morgan fingerprint density at radius 2 is 1.68 bits per heavy atom. The minimum absolute atomic E-state index is 0.117. The van der Waals surface area contributed by atoms with E-state index in [0.717, 1.165) is 22.5 Å². The number of hydrogen-bond donors (Lipinski definition) is 2. The molecule has 0 aliphatic carbocycles. The summed E-state index contributed by atoms with van der Waals surface area (Å²) in [6.45, 7) is -0.106. The van der Waals surface area contributed by atoms with Crippen LogP contribution in [0.25, 0.3) is 0 Å². The van der Waals surface area contributed by atoms with E-state index in [1.54, 1.807) is 24.3 Å². The summed E-state index contributed by atoms with van der Waals surface area (Å²) in [5.74, 6) is -0.385. The van der Waals surface area contributed by atoms with Gasteiger partial charge in [0, 0.05) is 6.54 Å². The Morgan fingerprint density at radius 3 is 2.34 bits per heavy atom. The fourth-order valence-corrected chi connectivity index (χ4v) is 4.37. The van der Waals surface area contributed by atoms with E-state index in [2.05, 4.69) is 15.8 Å². The summed E-state index contributed by atoms with van der Waals surface area (Å²) >= 11 is 11.9. The molecule has 3 aromatic rings. The average molecular weight is 577 g/mol. The van der Waals surface area contributed by atoms with Crippen molar-refractivity contribution in [2.45, 2.75) is 6.42 Å². The second kappa shape index (κ2) is 13.8. The molecule has 0 saturated carbocycles. The van der Waals surface area contributed by atoms with Gasteiger partial charge in [0.2, 0.25) is 10.0 Å². The number of carbonyl (C=O) groups is 2. The van der Waals surface area contributed by atoms with Crippen molar-refractivity contribution in [1.29, 1.82) is 0 Å². The molecular weight excluding hydrogens is 551 g/mol. The molecule has 0 aliphatic heterocycles. The lowest BCUT2D eigenvalue weighted by molar-refractivity contribution is -0.123. The Morgan fingerprint density at radius 1 is 0.974 bits per heavy atom. The molecule has 38 heavy (non-hydrogen) atoms. The van der Waals surface area contributed by atoms with Gasteiger partial charge in [0.05, 0.1) is 28.2 Å². The summed E-state index contributed by atoms with van der Waals surface area (Å²) in [5.41, 5.74) is 4.28. The van der Waals surface area contributed by atoms with Crippen LogP contribution in [0.2, 0.25) is 10.0 Å². The summed E-state index contributed by atoms with van der Waals surface area (Å²) in [5, 5.41) is 7.10. The monoisotopic (exact) mass is 576 g/mol. The van der Waals surface area contributed by atoms with Crippen LogP contribution in [0.15, 0.2) is 77.9 Å². The zero-order valence-electron chi connectivity index (χ0n) is 20.4. The van der Waals surface area contributed by atoms with Crippen LogP contribution in [0.4, 0.5) is 5.69 Å². The number of ether oxygens (including phenoxy) is 1. The van der Waals surface area contributed by atoms with Gasteiger partial charge in [0.15, 0.2) is 6.61 Å². The van der Waals surface area contributed by atoms with E-state index in [4.69, 9.17) is 27.9 Å². The van der Waals surface area contributed by atoms with Crippen molar-refractivity contribution in [3.63, 3.8) is 0 Å². The SMILES string of the molecule is CS(=O)(=O)N(CC(=O)N/N=C\c1ccc(OCC(=O)NCCc2ccccc2)cc1)c1ccc(Cl)c(Cl)c1. The molecule has 0 aliphatic rings. The van der Waals surface area contributed by atoms with E-state index >= 15 is 0 Å². The molecule has 2 amide bonds. The highest BCUT2D eigenvalue weighted by Gasteiger charge is 2.21. The van der Waals surface area contributed by atoms with Crippen molar-refractivity contribution >= 4 is 56.9 Å². The van der Waals surface area contributed by atoms with Gasteiger partial charge < -0.3 is 10.1 Å². The first-order valence-corrected chi connectivity index (χ1v) is 14.0. The fraction of sp³-hybridized carbons (Fsp3) is 0.192. The van der Waals surface area contributed by atoms with Crippen LogP contribution < -0.4 is 19.8 Å². The number of rotatable bonds is 12. The smallest absolute Gasteiger partial charge is 0.260 e. The van der Waals surface area contributed by atoms with Gasteiger partial charge in [-0.1, -0.05) is 53.5 Å². The van der Waals surface area contributed by atoms with Crippen molar-refractivity contribution in [3.8, 4) is 5.75 Å². The predicted octanol–water partition coefficient (Wildman–Crippen LogP) is 3.65. The van der Waals surface area contributed by atoms with Crippen LogP contribution in [0.1, 0.15) is 11.1 Å². The lowest BCUT2D eigenvalue weighted by atomic mass is 10.1. The van der Waals surface area contributed by atoms with Crippen molar-refractivity contribution < 1.29 is 22.7 Å².